The second-order valence-electron chi connectivity index (χ2n) is 12.4. The maximum atomic E-state index is 15.6. The molecule has 1 fully saturated rings. The van der Waals surface area contributed by atoms with Gasteiger partial charge >= 0.3 is 12.1 Å². The number of carbonyl (C=O) groups is 3. The number of amides is 2. The summed E-state index contributed by atoms with van der Waals surface area (Å²) < 4.78 is 28.4. The van der Waals surface area contributed by atoms with Gasteiger partial charge in [-0.25, -0.2) is 19.0 Å². The minimum absolute atomic E-state index is 0.0374. The van der Waals surface area contributed by atoms with Gasteiger partial charge in [0.2, 0.25) is 0 Å². The molecular formula is C33H38FN5O5. The predicted octanol–water partition coefficient (Wildman–Crippen LogP) is 4.95. The standard InChI is InChI=1S/C33H38FN5O5/c1-5-43-31(41)29(28-27-7-6-12-38(27)20-35-28)39-19-25-24(30(39)40)17-22(18-26(25)34)21-8-10-23(11-9-21)36-13-15-37(16-14-36)32(42)44-33(2,3)4/h8-11,17-18,20,29H,5-7,12-16,19H2,1-4H3. The molecule has 1 saturated heterocycles. The third kappa shape index (κ3) is 5.62. The molecule has 1 unspecified atom stereocenters. The lowest BCUT2D eigenvalue weighted by Crippen LogP contribution is -2.50. The highest BCUT2D eigenvalue weighted by molar-refractivity contribution is 6.02. The van der Waals surface area contributed by atoms with Gasteiger partial charge < -0.3 is 28.7 Å². The van der Waals surface area contributed by atoms with Gasteiger partial charge in [0, 0.05) is 55.2 Å². The largest absolute Gasteiger partial charge is 0.464 e. The van der Waals surface area contributed by atoms with Gasteiger partial charge in [-0.05, 0) is 75.9 Å². The van der Waals surface area contributed by atoms with Crippen LogP contribution < -0.4 is 4.90 Å². The highest BCUT2D eigenvalue weighted by atomic mass is 19.1. The van der Waals surface area contributed by atoms with Crippen LogP contribution in [0.3, 0.4) is 0 Å². The molecule has 0 spiro atoms. The van der Waals surface area contributed by atoms with Crippen molar-refractivity contribution in [1.82, 2.24) is 19.4 Å². The number of benzene rings is 2. The number of carbonyl (C=O) groups excluding carboxylic acids is 3. The zero-order valence-electron chi connectivity index (χ0n) is 25.6. The minimum Gasteiger partial charge on any atom is -0.464 e. The minimum atomic E-state index is -1.04. The molecule has 0 N–H and O–H groups in total. The Morgan fingerprint density at radius 1 is 1.02 bits per heavy atom. The van der Waals surface area contributed by atoms with Crippen LogP contribution in [0.1, 0.15) is 67.5 Å². The summed E-state index contributed by atoms with van der Waals surface area (Å²) in [7, 11) is 0. The second-order valence-corrected chi connectivity index (χ2v) is 12.4. The van der Waals surface area contributed by atoms with Crippen molar-refractivity contribution >= 4 is 23.7 Å². The molecule has 0 bridgehead atoms. The monoisotopic (exact) mass is 603 g/mol. The molecule has 6 rings (SSSR count). The molecule has 0 radical (unpaired) electrons. The Morgan fingerprint density at radius 3 is 2.43 bits per heavy atom. The Morgan fingerprint density at radius 2 is 1.75 bits per heavy atom. The number of halogens is 1. The van der Waals surface area contributed by atoms with Crippen LogP contribution in [0.15, 0.2) is 42.7 Å². The van der Waals surface area contributed by atoms with E-state index in [2.05, 4.69) is 9.88 Å². The van der Waals surface area contributed by atoms with Crippen molar-refractivity contribution in [2.75, 3.05) is 37.7 Å². The molecule has 10 nitrogen and oxygen atoms in total. The molecule has 3 aliphatic rings. The number of hydrogen-bond acceptors (Lipinski definition) is 7. The summed E-state index contributed by atoms with van der Waals surface area (Å²) in [6, 6.07) is 9.85. The molecule has 4 heterocycles. The van der Waals surface area contributed by atoms with Crippen molar-refractivity contribution in [3.05, 3.63) is 71.1 Å². The summed E-state index contributed by atoms with van der Waals surface area (Å²) in [4.78, 5) is 49.1. The second kappa shape index (κ2) is 11.6. The summed E-state index contributed by atoms with van der Waals surface area (Å²) in [5.41, 5.74) is 3.73. The Kier molecular flexibility index (Phi) is 7.81. The zero-order chi connectivity index (χ0) is 31.2. The van der Waals surface area contributed by atoms with Crippen LogP contribution in [0.5, 0.6) is 0 Å². The summed E-state index contributed by atoms with van der Waals surface area (Å²) in [5, 5.41) is 0. The first-order chi connectivity index (χ1) is 21.0. The van der Waals surface area contributed by atoms with Gasteiger partial charge in [0.1, 0.15) is 11.4 Å². The third-order valence-corrected chi connectivity index (χ3v) is 8.38. The average Bonchev–Trinajstić information content (AvgIpc) is 3.70. The van der Waals surface area contributed by atoms with E-state index < -0.39 is 29.3 Å². The predicted molar refractivity (Wildman–Crippen MR) is 162 cm³/mol. The first-order valence-electron chi connectivity index (χ1n) is 15.2. The van der Waals surface area contributed by atoms with E-state index in [1.54, 1.807) is 24.2 Å². The van der Waals surface area contributed by atoms with Crippen molar-refractivity contribution in [3.8, 4) is 11.1 Å². The van der Waals surface area contributed by atoms with Gasteiger partial charge in [-0.2, -0.15) is 0 Å². The number of imidazole rings is 1. The number of esters is 1. The van der Waals surface area contributed by atoms with E-state index in [0.717, 1.165) is 36.3 Å². The van der Waals surface area contributed by atoms with Crippen LogP contribution in [0.25, 0.3) is 11.1 Å². The van der Waals surface area contributed by atoms with E-state index in [-0.39, 0.29) is 30.4 Å². The summed E-state index contributed by atoms with van der Waals surface area (Å²) >= 11 is 0. The molecule has 3 aliphatic heterocycles. The molecule has 0 saturated carbocycles. The van der Waals surface area contributed by atoms with Gasteiger partial charge in [-0.15, -0.1) is 0 Å². The Bertz CT molecular complexity index is 1590. The highest BCUT2D eigenvalue weighted by Crippen LogP contribution is 2.38. The molecule has 2 amide bonds. The fraction of sp³-hybridized carbons (Fsp3) is 0.455. The molecule has 0 aliphatic carbocycles. The van der Waals surface area contributed by atoms with Crippen LogP contribution in [0.2, 0.25) is 0 Å². The van der Waals surface area contributed by atoms with Crippen molar-refractivity contribution in [2.24, 2.45) is 0 Å². The van der Waals surface area contributed by atoms with Crippen molar-refractivity contribution < 1.29 is 28.2 Å². The van der Waals surface area contributed by atoms with E-state index in [1.807, 2.05) is 49.6 Å². The Hall–Kier alpha value is -4.41. The number of rotatable bonds is 6. The molecule has 1 aromatic heterocycles. The van der Waals surface area contributed by atoms with Crippen molar-refractivity contribution in [3.63, 3.8) is 0 Å². The van der Waals surface area contributed by atoms with Gasteiger partial charge in [0.15, 0.2) is 6.04 Å². The molecule has 232 valence electrons. The molecule has 1 atom stereocenters. The lowest BCUT2D eigenvalue weighted by molar-refractivity contribution is -0.149. The number of ether oxygens (including phenoxy) is 2. The van der Waals surface area contributed by atoms with E-state index >= 15 is 4.39 Å². The van der Waals surface area contributed by atoms with Gasteiger partial charge in [-0.1, -0.05) is 12.1 Å². The quantitative estimate of drug-likeness (QED) is 0.368. The number of aromatic nitrogens is 2. The van der Waals surface area contributed by atoms with E-state index in [0.29, 0.717) is 37.4 Å². The van der Waals surface area contributed by atoms with Gasteiger partial charge in [0.25, 0.3) is 5.91 Å². The SMILES string of the molecule is CCOC(=O)C(c1ncn2c1CCC2)N1Cc2c(F)cc(-c3ccc(N4CCN(C(=O)OC(C)(C)C)CC4)cc3)cc2C1=O. The van der Waals surface area contributed by atoms with Gasteiger partial charge in [0.05, 0.1) is 25.2 Å². The van der Waals surface area contributed by atoms with Crippen LogP contribution in [-0.4, -0.2) is 75.7 Å². The first kappa shape index (κ1) is 29.7. The molecular weight excluding hydrogens is 565 g/mol. The number of hydrogen-bond donors (Lipinski definition) is 0. The topological polar surface area (TPSA) is 97.2 Å². The highest BCUT2D eigenvalue weighted by Gasteiger charge is 2.42. The normalized spacial score (nSPS) is 17.0. The lowest BCUT2D eigenvalue weighted by Gasteiger charge is -2.36. The average molecular weight is 604 g/mol. The Labute approximate surface area is 256 Å². The van der Waals surface area contributed by atoms with Crippen molar-refractivity contribution in [1.29, 1.82) is 0 Å². The number of piperazine rings is 1. The van der Waals surface area contributed by atoms with E-state index in [9.17, 15) is 14.4 Å². The van der Waals surface area contributed by atoms with Crippen LogP contribution >= 0.6 is 0 Å². The first-order valence-corrected chi connectivity index (χ1v) is 15.2. The summed E-state index contributed by atoms with van der Waals surface area (Å²) in [5.74, 6) is -1.48. The number of anilines is 1. The number of nitrogens with zero attached hydrogens (tertiary/aromatic N) is 5. The molecule has 2 aromatic carbocycles. The smallest absolute Gasteiger partial charge is 0.410 e. The third-order valence-electron chi connectivity index (χ3n) is 8.38. The lowest BCUT2D eigenvalue weighted by atomic mass is 9.99. The van der Waals surface area contributed by atoms with Crippen molar-refractivity contribution in [2.45, 2.75) is 65.3 Å². The van der Waals surface area contributed by atoms with Crippen LogP contribution in [-0.2, 0) is 33.8 Å². The maximum absolute atomic E-state index is 15.6. The van der Waals surface area contributed by atoms with E-state index in [4.69, 9.17) is 9.47 Å². The van der Waals surface area contributed by atoms with Crippen LogP contribution in [0, 0.1) is 5.82 Å². The summed E-state index contributed by atoms with van der Waals surface area (Å²) in [6.45, 7) is 10.7. The fourth-order valence-electron chi connectivity index (χ4n) is 6.24. The van der Waals surface area contributed by atoms with E-state index in [1.165, 1.54) is 11.0 Å². The number of aryl methyl sites for hydroxylation is 1. The fourth-order valence-corrected chi connectivity index (χ4v) is 6.24. The van der Waals surface area contributed by atoms with Crippen LogP contribution in [0.4, 0.5) is 14.9 Å². The molecule has 44 heavy (non-hydrogen) atoms. The molecule has 3 aromatic rings. The zero-order valence-corrected chi connectivity index (χ0v) is 25.6. The molecule has 11 heteroatoms. The number of fused-ring (bicyclic) bond motifs is 2. The summed E-state index contributed by atoms with van der Waals surface area (Å²) in [6.07, 6.45) is 3.09. The maximum Gasteiger partial charge on any atom is 0.410 e. The Balaban J connectivity index is 1.19. The van der Waals surface area contributed by atoms with Gasteiger partial charge in [-0.3, -0.25) is 4.79 Å².